The number of benzene rings is 2. The number of methoxy groups -OCH3 is 1. The minimum atomic E-state index is -4.02. The fourth-order valence-corrected chi connectivity index (χ4v) is 3.77. The summed E-state index contributed by atoms with van der Waals surface area (Å²) >= 11 is 0. The molecule has 0 aliphatic rings. The quantitative estimate of drug-likeness (QED) is 0.515. The third-order valence-electron chi connectivity index (χ3n) is 4.09. The summed E-state index contributed by atoms with van der Waals surface area (Å²) < 4.78 is 32.4. The minimum Gasteiger partial charge on any atom is -0.497 e. The van der Waals surface area contributed by atoms with Crippen LogP contribution in [0.2, 0.25) is 0 Å². The number of nitrogens with one attached hydrogen (secondary N) is 1. The van der Waals surface area contributed by atoms with Gasteiger partial charge in [-0.25, -0.2) is 8.42 Å². The molecule has 0 bridgehead atoms. The standard InChI is InChI=1S/C17H19N3O6S/c1-11(12-3-5-13(6-4-12)20(22)23)16(17(18)21)19-27(24,25)15-9-7-14(26-2)8-10-15/h3-11,16,19H,1-2H3,(H2,18,21). The van der Waals surface area contributed by atoms with Gasteiger partial charge in [0, 0.05) is 18.1 Å². The number of non-ortho nitro benzene ring substituents is 1. The lowest BCUT2D eigenvalue weighted by Crippen LogP contribution is -2.47. The largest absolute Gasteiger partial charge is 0.497 e. The predicted molar refractivity (Wildman–Crippen MR) is 97.8 cm³/mol. The zero-order valence-electron chi connectivity index (χ0n) is 14.7. The van der Waals surface area contributed by atoms with E-state index in [0.29, 0.717) is 11.3 Å². The van der Waals surface area contributed by atoms with Gasteiger partial charge >= 0.3 is 0 Å². The number of rotatable bonds is 8. The summed E-state index contributed by atoms with van der Waals surface area (Å²) in [5.41, 5.74) is 5.81. The molecule has 27 heavy (non-hydrogen) atoms. The van der Waals surface area contributed by atoms with Gasteiger partial charge in [0.1, 0.15) is 11.8 Å². The second-order valence-corrected chi connectivity index (χ2v) is 7.53. The molecule has 2 atom stereocenters. The van der Waals surface area contributed by atoms with E-state index >= 15 is 0 Å². The van der Waals surface area contributed by atoms with Crippen LogP contribution in [0.4, 0.5) is 5.69 Å². The Kier molecular flexibility index (Phi) is 6.13. The number of ether oxygens (including phenoxy) is 1. The molecule has 1 amide bonds. The van der Waals surface area contributed by atoms with E-state index < -0.39 is 32.8 Å². The number of carbonyl (C=O) groups is 1. The van der Waals surface area contributed by atoms with Gasteiger partial charge in [0.2, 0.25) is 15.9 Å². The van der Waals surface area contributed by atoms with Crippen LogP contribution in [0, 0.1) is 10.1 Å². The van der Waals surface area contributed by atoms with Gasteiger partial charge in [-0.3, -0.25) is 14.9 Å². The summed E-state index contributed by atoms with van der Waals surface area (Å²) in [6, 6.07) is 9.88. The smallest absolute Gasteiger partial charge is 0.269 e. The van der Waals surface area contributed by atoms with Crippen molar-refractivity contribution in [2.45, 2.75) is 23.8 Å². The van der Waals surface area contributed by atoms with Crippen LogP contribution in [0.15, 0.2) is 53.4 Å². The number of amides is 1. The molecule has 0 fully saturated rings. The molecule has 9 nitrogen and oxygen atoms in total. The first-order valence-electron chi connectivity index (χ1n) is 7.85. The number of nitrogens with zero attached hydrogens (tertiary/aromatic N) is 1. The van der Waals surface area contributed by atoms with Crippen molar-refractivity contribution < 1.29 is 22.9 Å². The molecule has 0 aromatic heterocycles. The first-order valence-corrected chi connectivity index (χ1v) is 9.34. The van der Waals surface area contributed by atoms with Crippen molar-refractivity contribution in [3.05, 3.63) is 64.2 Å². The highest BCUT2D eigenvalue weighted by Crippen LogP contribution is 2.24. The van der Waals surface area contributed by atoms with Crippen LogP contribution >= 0.6 is 0 Å². The van der Waals surface area contributed by atoms with Gasteiger partial charge in [0.15, 0.2) is 0 Å². The summed E-state index contributed by atoms with van der Waals surface area (Å²) in [5.74, 6) is -1.02. The van der Waals surface area contributed by atoms with Crippen LogP contribution < -0.4 is 15.2 Å². The van der Waals surface area contributed by atoms with Crippen LogP contribution in [0.5, 0.6) is 5.75 Å². The van der Waals surface area contributed by atoms with E-state index in [1.807, 2.05) is 0 Å². The molecule has 0 aliphatic heterocycles. The van der Waals surface area contributed by atoms with Crippen LogP contribution in [-0.2, 0) is 14.8 Å². The number of primary amides is 1. The molecular weight excluding hydrogens is 374 g/mol. The molecule has 10 heteroatoms. The number of nitro groups is 1. The molecule has 0 heterocycles. The molecule has 2 aromatic carbocycles. The molecule has 0 aliphatic carbocycles. The lowest BCUT2D eigenvalue weighted by Gasteiger charge is -2.22. The Morgan fingerprint density at radius 2 is 1.70 bits per heavy atom. The lowest BCUT2D eigenvalue weighted by atomic mass is 9.93. The fourth-order valence-electron chi connectivity index (χ4n) is 2.49. The highest BCUT2D eigenvalue weighted by Gasteiger charge is 2.30. The second kappa shape index (κ2) is 8.14. The van der Waals surface area contributed by atoms with E-state index in [-0.39, 0.29) is 10.6 Å². The number of nitro benzene ring substituents is 1. The van der Waals surface area contributed by atoms with Crippen LogP contribution in [0.25, 0.3) is 0 Å². The highest BCUT2D eigenvalue weighted by atomic mass is 32.2. The molecule has 0 saturated heterocycles. The van der Waals surface area contributed by atoms with Crippen LogP contribution in [0.3, 0.4) is 0 Å². The molecule has 0 radical (unpaired) electrons. The Hall–Kier alpha value is -2.98. The predicted octanol–water partition coefficient (Wildman–Crippen LogP) is 1.54. The Bertz CT molecular complexity index is 926. The van der Waals surface area contributed by atoms with Crippen molar-refractivity contribution in [1.82, 2.24) is 4.72 Å². The third-order valence-corrected chi connectivity index (χ3v) is 5.55. The van der Waals surface area contributed by atoms with Crippen molar-refractivity contribution in [3.8, 4) is 5.75 Å². The van der Waals surface area contributed by atoms with E-state index in [9.17, 15) is 23.3 Å². The van der Waals surface area contributed by atoms with Crippen molar-refractivity contribution >= 4 is 21.6 Å². The van der Waals surface area contributed by atoms with Gasteiger partial charge in [-0.1, -0.05) is 19.1 Å². The maximum absolute atomic E-state index is 12.6. The summed E-state index contributed by atoms with van der Waals surface area (Å²) in [6.45, 7) is 1.60. The van der Waals surface area contributed by atoms with Gasteiger partial charge in [-0.05, 0) is 29.8 Å². The average Bonchev–Trinajstić information content (AvgIpc) is 2.65. The SMILES string of the molecule is COc1ccc(S(=O)(=O)NC(C(N)=O)C(C)c2ccc([N+](=O)[O-])cc2)cc1. The highest BCUT2D eigenvalue weighted by molar-refractivity contribution is 7.89. The summed E-state index contributed by atoms with van der Waals surface area (Å²) in [6.07, 6.45) is 0. The van der Waals surface area contributed by atoms with E-state index in [1.54, 1.807) is 6.92 Å². The van der Waals surface area contributed by atoms with E-state index in [2.05, 4.69) is 4.72 Å². The summed E-state index contributed by atoms with van der Waals surface area (Å²) in [7, 11) is -2.56. The maximum Gasteiger partial charge on any atom is 0.269 e. The van der Waals surface area contributed by atoms with Gasteiger partial charge in [-0.15, -0.1) is 0 Å². The minimum absolute atomic E-state index is 0.0505. The molecule has 144 valence electrons. The van der Waals surface area contributed by atoms with Gasteiger partial charge in [-0.2, -0.15) is 4.72 Å². The van der Waals surface area contributed by atoms with Crippen LogP contribution in [0.1, 0.15) is 18.4 Å². The molecule has 2 unspecified atom stereocenters. The van der Waals surface area contributed by atoms with Crippen LogP contribution in [-0.4, -0.2) is 32.4 Å². The molecular formula is C17H19N3O6S. The van der Waals surface area contributed by atoms with Crippen molar-refractivity contribution in [1.29, 1.82) is 0 Å². The van der Waals surface area contributed by atoms with Gasteiger partial charge < -0.3 is 10.5 Å². The molecule has 3 N–H and O–H groups in total. The molecule has 0 spiro atoms. The van der Waals surface area contributed by atoms with E-state index in [0.717, 1.165) is 0 Å². The maximum atomic E-state index is 12.6. The number of hydrogen-bond donors (Lipinski definition) is 2. The topological polar surface area (TPSA) is 142 Å². The third kappa shape index (κ3) is 4.80. The number of nitrogens with two attached hydrogens (primary N) is 1. The van der Waals surface area contributed by atoms with E-state index in [4.69, 9.17) is 10.5 Å². The molecule has 2 rings (SSSR count). The number of hydrogen-bond acceptors (Lipinski definition) is 6. The fraction of sp³-hybridized carbons (Fsp3) is 0.235. The Morgan fingerprint density at radius 3 is 2.15 bits per heavy atom. The zero-order chi connectivity index (χ0) is 20.2. The lowest BCUT2D eigenvalue weighted by molar-refractivity contribution is -0.384. The monoisotopic (exact) mass is 393 g/mol. The van der Waals surface area contributed by atoms with E-state index in [1.165, 1.54) is 55.6 Å². The molecule has 0 saturated carbocycles. The average molecular weight is 393 g/mol. The van der Waals surface area contributed by atoms with Crippen molar-refractivity contribution in [3.63, 3.8) is 0 Å². The number of sulfonamides is 1. The number of carbonyl (C=O) groups excluding carboxylic acids is 1. The van der Waals surface area contributed by atoms with Gasteiger partial charge in [0.05, 0.1) is 16.9 Å². The second-order valence-electron chi connectivity index (χ2n) is 5.81. The van der Waals surface area contributed by atoms with Crippen molar-refractivity contribution in [2.75, 3.05) is 7.11 Å². The van der Waals surface area contributed by atoms with Gasteiger partial charge in [0.25, 0.3) is 5.69 Å². The Labute approximate surface area is 156 Å². The van der Waals surface area contributed by atoms with Crippen molar-refractivity contribution in [2.24, 2.45) is 5.73 Å². The normalized spacial score (nSPS) is 13.6. The molecule has 2 aromatic rings. The first kappa shape index (κ1) is 20.3. The summed E-state index contributed by atoms with van der Waals surface area (Å²) in [5, 5.41) is 10.7. The Balaban J connectivity index is 2.27. The summed E-state index contributed by atoms with van der Waals surface area (Å²) in [4.78, 5) is 22.0. The first-order chi connectivity index (χ1) is 12.7. The zero-order valence-corrected chi connectivity index (χ0v) is 15.5. The Morgan fingerprint density at radius 1 is 1.15 bits per heavy atom.